The van der Waals surface area contributed by atoms with Gasteiger partial charge in [-0.2, -0.15) is 0 Å². The van der Waals surface area contributed by atoms with Crippen molar-refractivity contribution in [2.24, 2.45) is 10.7 Å². The average Bonchev–Trinajstić information content (AvgIpc) is 3.18. The number of nitrogens with two attached hydrogens (primary N) is 1. The second-order valence-electron chi connectivity index (χ2n) is 7.00. The Hall–Kier alpha value is -1.24. The fourth-order valence-corrected chi connectivity index (χ4v) is 3.59. The van der Waals surface area contributed by atoms with Crippen LogP contribution in [0.2, 0.25) is 0 Å². The number of hydrogen-bond donors (Lipinski definition) is 1. The molecule has 0 aromatic carbocycles. The van der Waals surface area contributed by atoms with Crippen molar-refractivity contribution in [2.45, 2.75) is 56.3 Å². The summed E-state index contributed by atoms with van der Waals surface area (Å²) in [5.41, 5.74) is 5.73. The Balaban J connectivity index is 2.07. The summed E-state index contributed by atoms with van der Waals surface area (Å²) in [4.78, 5) is 15.4. The van der Waals surface area contributed by atoms with Gasteiger partial charge in [0.05, 0.1) is 23.4 Å². The van der Waals surface area contributed by atoms with Crippen molar-refractivity contribution in [1.82, 2.24) is 0 Å². The normalized spacial score (nSPS) is 36.9. The molecule has 0 spiro atoms. The van der Waals surface area contributed by atoms with Crippen molar-refractivity contribution in [3.8, 4) is 0 Å². The van der Waals surface area contributed by atoms with Crippen LogP contribution < -0.4 is 5.73 Å². The summed E-state index contributed by atoms with van der Waals surface area (Å²) < 4.78 is 17.5. The number of fused-ring (bicyclic) bond motifs is 1. The van der Waals surface area contributed by atoms with Crippen LogP contribution in [0, 0.1) is 0 Å². The molecule has 6 nitrogen and oxygen atoms in total. The van der Waals surface area contributed by atoms with E-state index in [4.69, 9.17) is 19.9 Å². The van der Waals surface area contributed by atoms with Gasteiger partial charge in [-0.25, -0.2) is 0 Å². The Morgan fingerprint density at radius 3 is 2.57 bits per heavy atom. The lowest BCUT2D eigenvalue weighted by molar-refractivity contribution is -0.117. The van der Waals surface area contributed by atoms with Crippen molar-refractivity contribution in [3.63, 3.8) is 0 Å². The molecule has 3 unspecified atom stereocenters. The van der Waals surface area contributed by atoms with Gasteiger partial charge in [0.25, 0.3) is 0 Å². The fraction of sp³-hybridized carbons (Fsp3) is 0.765. The maximum absolute atomic E-state index is 11.7. The maximum atomic E-state index is 11.7. The summed E-state index contributed by atoms with van der Waals surface area (Å²) in [6.07, 6.45) is 4.79. The summed E-state index contributed by atoms with van der Waals surface area (Å²) in [6, 6.07) is 0. The number of methoxy groups -OCH3 is 2. The lowest BCUT2D eigenvalue weighted by Crippen LogP contribution is -2.41. The second kappa shape index (κ2) is 6.34. The van der Waals surface area contributed by atoms with E-state index in [0.29, 0.717) is 13.0 Å². The molecule has 23 heavy (non-hydrogen) atoms. The average molecular weight is 324 g/mol. The molecule has 2 aliphatic rings. The number of ether oxygens (including phenoxy) is 3. The molecule has 0 saturated heterocycles. The van der Waals surface area contributed by atoms with Crippen LogP contribution in [0.25, 0.3) is 0 Å². The highest BCUT2D eigenvalue weighted by atomic mass is 16.5. The zero-order valence-corrected chi connectivity index (χ0v) is 14.8. The van der Waals surface area contributed by atoms with Gasteiger partial charge >= 0.3 is 0 Å². The Kier molecular flexibility index (Phi) is 4.99. The topological polar surface area (TPSA) is 83.1 Å². The summed E-state index contributed by atoms with van der Waals surface area (Å²) in [5, 5.41) is 0. The highest BCUT2D eigenvalue weighted by Gasteiger charge is 2.57. The fourth-order valence-electron chi connectivity index (χ4n) is 3.59. The van der Waals surface area contributed by atoms with Gasteiger partial charge in [-0.05, 0) is 19.4 Å². The van der Waals surface area contributed by atoms with Crippen LogP contribution >= 0.6 is 0 Å². The van der Waals surface area contributed by atoms with Crippen LogP contribution in [0.5, 0.6) is 0 Å². The number of carbonyl (C=O) groups excluding carboxylic acids is 1. The number of nitrogens with zero attached hydrogens (tertiary/aromatic N) is 1. The van der Waals surface area contributed by atoms with Gasteiger partial charge in [-0.3, -0.25) is 9.79 Å². The third-order valence-electron chi connectivity index (χ3n) is 4.97. The summed E-state index contributed by atoms with van der Waals surface area (Å²) in [7, 11) is 4.97. The zero-order chi connectivity index (χ0) is 17.3. The van der Waals surface area contributed by atoms with E-state index in [2.05, 4.69) is 18.0 Å². The van der Waals surface area contributed by atoms with Crippen LogP contribution in [0.15, 0.2) is 16.6 Å². The molecule has 2 aliphatic carbocycles. The van der Waals surface area contributed by atoms with Gasteiger partial charge in [0.1, 0.15) is 0 Å². The van der Waals surface area contributed by atoms with Crippen molar-refractivity contribution in [2.75, 3.05) is 27.9 Å². The first-order chi connectivity index (χ1) is 10.7. The first kappa shape index (κ1) is 18.1. The Labute approximate surface area is 138 Å². The smallest absolute Gasteiger partial charge is 0.199 e. The molecule has 1 saturated carbocycles. The van der Waals surface area contributed by atoms with E-state index in [-0.39, 0.29) is 29.2 Å². The standard InChI is InChI=1S/C17H28N2O4/c1-15(23-7-6-13(20)14(18)19-3)8-12-9-17(12,22-5)11-16(2,10-15)21-4/h8H,6-7,9-11H2,1-5H3,(H2,18,19). The number of amidine groups is 1. The molecule has 130 valence electrons. The minimum absolute atomic E-state index is 0.0419. The van der Waals surface area contributed by atoms with E-state index in [1.807, 2.05) is 6.92 Å². The zero-order valence-electron chi connectivity index (χ0n) is 14.8. The van der Waals surface area contributed by atoms with Crippen LogP contribution in [0.1, 0.15) is 39.5 Å². The van der Waals surface area contributed by atoms with Crippen molar-refractivity contribution >= 4 is 11.6 Å². The molecular weight excluding hydrogens is 296 g/mol. The van der Waals surface area contributed by atoms with Gasteiger partial charge in [0.2, 0.25) is 0 Å². The van der Waals surface area contributed by atoms with Crippen LogP contribution in [-0.2, 0) is 19.0 Å². The van der Waals surface area contributed by atoms with E-state index in [1.165, 1.54) is 12.6 Å². The van der Waals surface area contributed by atoms with Crippen molar-refractivity contribution in [3.05, 3.63) is 11.6 Å². The van der Waals surface area contributed by atoms with E-state index in [1.54, 1.807) is 14.2 Å². The molecular formula is C17H28N2O4. The summed E-state index contributed by atoms with van der Waals surface area (Å²) in [5.74, 6) is -0.148. The predicted molar refractivity (Wildman–Crippen MR) is 88.6 cm³/mol. The molecule has 0 bridgehead atoms. The Morgan fingerprint density at radius 1 is 1.30 bits per heavy atom. The summed E-state index contributed by atoms with van der Waals surface area (Å²) >= 11 is 0. The summed E-state index contributed by atoms with van der Waals surface area (Å²) in [6.45, 7) is 4.41. The minimum atomic E-state index is -0.491. The van der Waals surface area contributed by atoms with Crippen molar-refractivity contribution in [1.29, 1.82) is 0 Å². The third-order valence-corrected chi connectivity index (χ3v) is 4.97. The molecule has 2 N–H and O–H groups in total. The highest BCUT2D eigenvalue weighted by Crippen LogP contribution is 2.56. The van der Waals surface area contributed by atoms with E-state index in [0.717, 1.165) is 12.8 Å². The maximum Gasteiger partial charge on any atom is 0.199 e. The van der Waals surface area contributed by atoms with Gasteiger partial charge in [0.15, 0.2) is 11.6 Å². The lowest BCUT2D eigenvalue weighted by Gasteiger charge is -2.37. The first-order valence-corrected chi connectivity index (χ1v) is 7.93. The Morgan fingerprint density at radius 2 is 2.00 bits per heavy atom. The Bertz CT molecular complexity index is 545. The molecule has 1 fully saturated rings. The molecule has 0 heterocycles. The predicted octanol–water partition coefficient (Wildman–Crippen LogP) is 1.62. The number of hydrogen-bond acceptors (Lipinski definition) is 5. The SMILES string of the molecule is CN=C(N)C(=O)CCOC1(C)C=C2CC2(OC)CC(C)(OC)C1. The van der Waals surface area contributed by atoms with E-state index < -0.39 is 5.60 Å². The van der Waals surface area contributed by atoms with E-state index >= 15 is 0 Å². The molecule has 0 amide bonds. The number of Topliss-reactive ketones (excluding diaryl/α,β-unsaturated/α-hetero) is 1. The van der Waals surface area contributed by atoms with Crippen LogP contribution in [0.4, 0.5) is 0 Å². The van der Waals surface area contributed by atoms with E-state index in [9.17, 15) is 4.79 Å². The molecule has 3 atom stereocenters. The molecule has 2 rings (SSSR count). The largest absolute Gasteiger partial charge is 0.381 e. The van der Waals surface area contributed by atoms with Gasteiger partial charge in [-0.1, -0.05) is 6.08 Å². The van der Waals surface area contributed by atoms with Crippen molar-refractivity contribution < 1.29 is 19.0 Å². The van der Waals surface area contributed by atoms with Crippen LogP contribution in [0.3, 0.4) is 0 Å². The minimum Gasteiger partial charge on any atom is -0.381 e. The second-order valence-corrected chi connectivity index (χ2v) is 7.00. The van der Waals surface area contributed by atoms with Crippen LogP contribution in [-0.4, -0.2) is 56.3 Å². The molecule has 0 aromatic heterocycles. The highest BCUT2D eigenvalue weighted by molar-refractivity contribution is 6.38. The third kappa shape index (κ3) is 3.82. The molecule has 0 radical (unpaired) electrons. The van der Waals surface area contributed by atoms with Gasteiger partial charge < -0.3 is 19.9 Å². The number of ketones is 1. The molecule has 6 heteroatoms. The number of carbonyl (C=O) groups is 1. The quantitative estimate of drug-likeness (QED) is 0.437. The molecule has 0 aliphatic heterocycles. The lowest BCUT2D eigenvalue weighted by atomic mass is 9.86. The number of rotatable bonds is 7. The van der Waals surface area contributed by atoms with Gasteiger partial charge in [-0.15, -0.1) is 0 Å². The van der Waals surface area contributed by atoms with Gasteiger partial charge in [0, 0.05) is 47.0 Å². The monoisotopic (exact) mass is 324 g/mol. The molecule has 0 aromatic rings. The first-order valence-electron chi connectivity index (χ1n) is 7.93. The number of aliphatic imine (C=N–C) groups is 1.